The van der Waals surface area contributed by atoms with Crippen molar-refractivity contribution in [1.29, 1.82) is 0 Å². The van der Waals surface area contributed by atoms with E-state index < -0.39 is 37.3 Å². The van der Waals surface area contributed by atoms with Crippen molar-refractivity contribution in [2.45, 2.75) is 0 Å². The fraction of sp³-hybridized carbons (Fsp3) is 0.158. The maximum atomic E-state index is 13.0. The van der Waals surface area contributed by atoms with Gasteiger partial charge in [-0.1, -0.05) is 12.1 Å². The predicted octanol–water partition coefficient (Wildman–Crippen LogP) is 1.96. The second kappa shape index (κ2) is 8.04. The van der Waals surface area contributed by atoms with Crippen molar-refractivity contribution in [1.82, 2.24) is 0 Å². The third-order valence-corrected chi connectivity index (χ3v) is 5.03. The first kappa shape index (κ1) is 22.3. The minimum atomic E-state index is -4.08. The molecule has 164 valence electrons. The Morgan fingerprint density at radius 2 is 1.65 bits per heavy atom. The van der Waals surface area contributed by atoms with E-state index in [1.54, 1.807) is 0 Å². The molecule has 0 bridgehead atoms. The lowest BCUT2D eigenvalue weighted by Gasteiger charge is -2.11. The topological polar surface area (TPSA) is 146 Å². The average Bonchev–Trinajstić information content (AvgIpc) is 2.67. The summed E-state index contributed by atoms with van der Waals surface area (Å²) in [5.41, 5.74) is -0.176. The standard InChI is InChI=1S/C19H17NO9S2/c1-27-19(22)12-6-4-11(5-7-12)17-18(29-31(3,25)26)16(21)14-9-8-13(10-15(14)28-17)20-30(2,23)24/h4-10,20H,1-3H3. The maximum absolute atomic E-state index is 13.0. The molecular weight excluding hydrogens is 450 g/mol. The van der Waals surface area contributed by atoms with Crippen LogP contribution in [0.25, 0.3) is 22.3 Å². The van der Waals surface area contributed by atoms with Gasteiger partial charge in [-0.15, -0.1) is 0 Å². The highest BCUT2D eigenvalue weighted by molar-refractivity contribution is 7.92. The van der Waals surface area contributed by atoms with Crippen molar-refractivity contribution in [3.8, 4) is 17.1 Å². The first-order valence-corrected chi connectivity index (χ1v) is 12.3. The van der Waals surface area contributed by atoms with E-state index in [0.717, 1.165) is 12.5 Å². The summed E-state index contributed by atoms with van der Waals surface area (Å²) in [5, 5.41) is -0.0207. The van der Waals surface area contributed by atoms with E-state index in [9.17, 15) is 26.4 Å². The minimum absolute atomic E-state index is 0.00783. The lowest BCUT2D eigenvalue weighted by atomic mass is 10.1. The third-order valence-electron chi connectivity index (χ3n) is 3.96. The van der Waals surface area contributed by atoms with Gasteiger partial charge in [-0.25, -0.2) is 13.2 Å². The maximum Gasteiger partial charge on any atom is 0.337 e. The highest BCUT2D eigenvalue weighted by Gasteiger charge is 2.22. The number of carbonyl (C=O) groups is 1. The number of methoxy groups -OCH3 is 1. The molecule has 2 aromatic carbocycles. The Labute approximate surface area is 177 Å². The molecule has 0 aliphatic carbocycles. The van der Waals surface area contributed by atoms with Gasteiger partial charge in [0.15, 0.2) is 5.76 Å². The summed E-state index contributed by atoms with van der Waals surface area (Å²) < 4.78 is 64.0. The number of benzene rings is 2. The summed E-state index contributed by atoms with van der Waals surface area (Å²) in [6.45, 7) is 0. The number of esters is 1. The molecule has 0 radical (unpaired) electrons. The zero-order valence-corrected chi connectivity index (χ0v) is 18.2. The number of anilines is 1. The molecule has 0 spiro atoms. The molecule has 0 fully saturated rings. The molecule has 1 aromatic heterocycles. The van der Waals surface area contributed by atoms with Crippen LogP contribution < -0.4 is 14.3 Å². The first-order valence-electron chi connectivity index (χ1n) is 8.55. The summed E-state index contributed by atoms with van der Waals surface area (Å²) in [7, 11) is -6.44. The molecule has 12 heteroatoms. The normalized spacial score (nSPS) is 11.8. The predicted molar refractivity (Wildman–Crippen MR) is 113 cm³/mol. The third kappa shape index (κ3) is 5.22. The van der Waals surface area contributed by atoms with Gasteiger partial charge in [0.1, 0.15) is 5.58 Å². The quantitative estimate of drug-likeness (QED) is 0.424. The van der Waals surface area contributed by atoms with Crippen LogP contribution in [0.3, 0.4) is 0 Å². The van der Waals surface area contributed by atoms with Crippen molar-refractivity contribution >= 4 is 42.8 Å². The van der Waals surface area contributed by atoms with Crippen LogP contribution in [0.4, 0.5) is 5.69 Å². The molecule has 1 heterocycles. The molecular formula is C19H17NO9S2. The van der Waals surface area contributed by atoms with Crippen LogP contribution in [0.15, 0.2) is 51.7 Å². The number of ether oxygens (including phenoxy) is 1. The van der Waals surface area contributed by atoms with E-state index in [4.69, 9.17) is 8.60 Å². The Bertz CT molecular complexity index is 1440. The van der Waals surface area contributed by atoms with Crippen LogP contribution >= 0.6 is 0 Å². The van der Waals surface area contributed by atoms with Gasteiger partial charge >= 0.3 is 16.1 Å². The molecule has 0 saturated carbocycles. The molecule has 0 unspecified atom stereocenters. The minimum Gasteiger partial charge on any atom is -0.465 e. The SMILES string of the molecule is COC(=O)c1ccc(-c2oc3cc(NS(C)(=O)=O)ccc3c(=O)c2OS(C)(=O)=O)cc1. The van der Waals surface area contributed by atoms with Crippen molar-refractivity contribution < 1.29 is 35.0 Å². The van der Waals surface area contributed by atoms with Crippen LogP contribution in [-0.2, 0) is 24.9 Å². The lowest BCUT2D eigenvalue weighted by molar-refractivity contribution is 0.0600. The van der Waals surface area contributed by atoms with E-state index in [0.29, 0.717) is 0 Å². The molecule has 1 N–H and O–H groups in total. The fourth-order valence-corrected chi connectivity index (χ4v) is 3.76. The zero-order valence-electron chi connectivity index (χ0n) is 16.5. The van der Waals surface area contributed by atoms with E-state index in [1.807, 2.05) is 0 Å². The number of hydrogen-bond donors (Lipinski definition) is 1. The Kier molecular flexibility index (Phi) is 5.79. The first-order chi connectivity index (χ1) is 14.4. The monoisotopic (exact) mass is 467 g/mol. The van der Waals surface area contributed by atoms with Gasteiger partial charge in [0.25, 0.3) is 0 Å². The second-order valence-electron chi connectivity index (χ2n) is 6.53. The van der Waals surface area contributed by atoms with Crippen molar-refractivity contribution in [3.05, 3.63) is 58.3 Å². The number of carbonyl (C=O) groups excluding carboxylic acids is 1. The van der Waals surface area contributed by atoms with Crippen molar-refractivity contribution in [2.75, 3.05) is 24.3 Å². The molecule has 0 aliphatic heterocycles. The molecule has 31 heavy (non-hydrogen) atoms. The molecule has 3 aromatic rings. The van der Waals surface area contributed by atoms with Gasteiger partial charge in [0, 0.05) is 11.6 Å². The van der Waals surface area contributed by atoms with Gasteiger partial charge in [0.05, 0.1) is 36.3 Å². The molecule has 0 atom stereocenters. The van der Waals surface area contributed by atoms with Gasteiger partial charge in [-0.3, -0.25) is 9.52 Å². The highest BCUT2D eigenvalue weighted by Crippen LogP contribution is 2.32. The van der Waals surface area contributed by atoms with Crippen LogP contribution in [0.5, 0.6) is 5.75 Å². The number of nitrogens with one attached hydrogen (secondary N) is 1. The number of fused-ring (bicyclic) bond motifs is 1. The second-order valence-corrected chi connectivity index (χ2v) is 9.85. The Morgan fingerprint density at radius 3 is 2.19 bits per heavy atom. The summed E-state index contributed by atoms with van der Waals surface area (Å²) in [6.07, 6.45) is 1.74. The van der Waals surface area contributed by atoms with E-state index >= 15 is 0 Å². The molecule has 0 amide bonds. The van der Waals surface area contributed by atoms with Crippen LogP contribution in [0.1, 0.15) is 10.4 Å². The largest absolute Gasteiger partial charge is 0.465 e. The van der Waals surface area contributed by atoms with Crippen LogP contribution in [-0.4, -0.2) is 42.4 Å². The summed E-state index contributed by atoms with van der Waals surface area (Å²) in [6, 6.07) is 9.54. The van der Waals surface area contributed by atoms with Crippen LogP contribution in [0.2, 0.25) is 0 Å². The van der Waals surface area contributed by atoms with E-state index in [1.165, 1.54) is 49.6 Å². The van der Waals surface area contributed by atoms with Gasteiger partial charge in [-0.05, 0) is 24.3 Å². The Hall–Kier alpha value is -3.38. The molecule has 0 aliphatic rings. The molecule has 3 rings (SSSR count). The number of sulfonamides is 1. The zero-order chi connectivity index (χ0) is 23.0. The smallest absolute Gasteiger partial charge is 0.337 e. The summed E-state index contributed by atoms with van der Waals surface area (Å²) >= 11 is 0. The van der Waals surface area contributed by atoms with Gasteiger partial charge < -0.3 is 13.3 Å². The van der Waals surface area contributed by atoms with Crippen LogP contribution in [0, 0.1) is 0 Å². The van der Waals surface area contributed by atoms with Crippen molar-refractivity contribution in [3.63, 3.8) is 0 Å². The highest BCUT2D eigenvalue weighted by atomic mass is 32.2. The Balaban J connectivity index is 2.26. The van der Waals surface area contributed by atoms with Gasteiger partial charge in [0.2, 0.25) is 21.2 Å². The van der Waals surface area contributed by atoms with E-state index in [2.05, 4.69) is 9.46 Å². The Morgan fingerprint density at radius 1 is 1.00 bits per heavy atom. The van der Waals surface area contributed by atoms with E-state index in [-0.39, 0.29) is 33.5 Å². The van der Waals surface area contributed by atoms with Crippen molar-refractivity contribution in [2.24, 2.45) is 0 Å². The molecule has 10 nitrogen and oxygen atoms in total. The van der Waals surface area contributed by atoms with Gasteiger partial charge in [-0.2, -0.15) is 8.42 Å². The fourth-order valence-electron chi connectivity index (χ4n) is 2.75. The molecule has 0 saturated heterocycles. The lowest BCUT2D eigenvalue weighted by Crippen LogP contribution is -2.15. The average molecular weight is 467 g/mol. The summed E-state index contributed by atoms with van der Waals surface area (Å²) in [4.78, 5) is 24.6. The number of rotatable bonds is 6. The number of hydrogen-bond acceptors (Lipinski definition) is 9. The summed E-state index contributed by atoms with van der Waals surface area (Å²) in [5.74, 6) is -1.36.